The summed E-state index contributed by atoms with van der Waals surface area (Å²) < 4.78 is 0. The monoisotopic (exact) mass is 441 g/mol. The maximum atomic E-state index is 13.4. The molecule has 2 amide bonds. The molecular formula is C28H31N3O2. The van der Waals surface area contributed by atoms with E-state index in [0.29, 0.717) is 32.5 Å². The second-order valence-corrected chi connectivity index (χ2v) is 8.66. The van der Waals surface area contributed by atoms with Gasteiger partial charge in [0.25, 0.3) is 0 Å². The Labute approximate surface area is 196 Å². The fraction of sp³-hybridized carbons (Fsp3) is 0.321. The SMILES string of the molecule is CCCN1CCN(C(=O)Cc2ccccc2)CC(Cc2cccc(-c3ccncc3)c2)C1=O. The van der Waals surface area contributed by atoms with Gasteiger partial charge in [-0.2, -0.15) is 0 Å². The van der Waals surface area contributed by atoms with Crippen molar-refractivity contribution in [2.75, 3.05) is 26.2 Å². The van der Waals surface area contributed by atoms with Gasteiger partial charge in [0.2, 0.25) is 11.8 Å². The molecule has 0 bridgehead atoms. The Bertz CT molecular complexity index is 1070. The van der Waals surface area contributed by atoms with Gasteiger partial charge >= 0.3 is 0 Å². The number of aromatic nitrogens is 1. The van der Waals surface area contributed by atoms with Crippen LogP contribution in [0.1, 0.15) is 24.5 Å². The van der Waals surface area contributed by atoms with E-state index in [2.05, 4.69) is 30.1 Å². The van der Waals surface area contributed by atoms with E-state index >= 15 is 0 Å². The molecule has 1 fully saturated rings. The van der Waals surface area contributed by atoms with Crippen molar-refractivity contribution < 1.29 is 9.59 Å². The number of amides is 2. The summed E-state index contributed by atoms with van der Waals surface area (Å²) >= 11 is 0. The third kappa shape index (κ3) is 5.86. The fourth-order valence-corrected chi connectivity index (χ4v) is 4.50. The lowest BCUT2D eigenvalue weighted by molar-refractivity contribution is -0.135. The molecule has 2 aromatic carbocycles. The average molecular weight is 442 g/mol. The predicted octanol–water partition coefficient (Wildman–Crippen LogP) is 4.23. The summed E-state index contributed by atoms with van der Waals surface area (Å²) in [4.78, 5) is 34.4. The van der Waals surface area contributed by atoms with Crippen molar-refractivity contribution in [2.45, 2.75) is 26.2 Å². The molecule has 0 N–H and O–H groups in total. The molecule has 2 heterocycles. The molecule has 1 aliphatic rings. The van der Waals surface area contributed by atoms with E-state index in [4.69, 9.17) is 0 Å². The lowest BCUT2D eigenvalue weighted by atomic mass is 9.95. The van der Waals surface area contributed by atoms with Gasteiger partial charge in [-0.1, -0.05) is 61.5 Å². The second kappa shape index (κ2) is 10.9. The van der Waals surface area contributed by atoms with Gasteiger partial charge in [-0.3, -0.25) is 14.6 Å². The van der Waals surface area contributed by atoms with Crippen LogP contribution >= 0.6 is 0 Å². The number of hydrogen-bond acceptors (Lipinski definition) is 3. The van der Waals surface area contributed by atoms with Crippen molar-refractivity contribution in [1.29, 1.82) is 0 Å². The van der Waals surface area contributed by atoms with Crippen LogP contribution in [0, 0.1) is 5.92 Å². The number of carbonyl (C=O) groups is 2. The Morgan fingerprint density at radius 1 is 0.939 bits per heavy atom. The average Bonchev–Trinajstić information content (AvgIpc) is 3.00. The molecule has 0 spiro atoms. The van der Waals surface area contributed by atoms with Gasteiger partial charge in [0.1, 0.15) is 0 Å². The number of rotatable bonds is 7. The van der Waals surface area contributed by atoms with E-state index in [-0.39, 0.29) is 17.7 Å². The van der Waals surface area contributed by atoms with Gasteiger partial charge in [0.05, 0.1) is 12.3 Å². The molecule has 0 radical (unpaired) electrons. The number of hydrogen-bond donors (Lipinski definition) is 0. The van der Waals surface area contributed by atoms with Crippen molar-refractivity contribution in [3.63, 3.8) is 0 Å². The van der Waals surface area contributed by atoms with Crippen LogP contribution in [0.25, 0.3) is 11.1 Å². The second-order valence-electron chi connectivity index (χ2n) is 8.66. The number of pyridine rings is 1. The highest BCUT2D eigenvalue weighted by Gasteiger charge is 2.32. The summed E-state index contributed by atoms with van der Waals surface area (Å²) in [6, 6.07) is 22.1. The largest absolute Gasteiger partial charge is 0.341 e. The van der Waals surface area contributed by atoms with Crippen LogP contribution in [0.2, 0.25) is 0 Å². The summed E-state index contributed by atoms with van der Waals surface area (Å²) in [7, 11) is 0. The zero-order valence-electron chi connectivity index (χ0n) is 19.2. The molecule has 1 unspecified atom stereocenters. The molecule has 4 rings (SSSR count). The van der Waals surface area contributed by atoms with Crippen LogP contribution in [-0.2, 0) is 22.4 Å². The summed E-state index contributed by atoms with van der Waals surface area (Å²) in [5.74, 6) is -0.00415. The smallest absolute Gasteiger partial charge is 0.227 e. The van der Waals surface area contributed by atoms with E-state index in [1.54, 1.807) is 12.4 Å². The fourth-order valence-electron chi connectivity index (χ4n) is 4.50. The Morgan fingerprint density at radius 3 is 2.45 bits per heavy atom. The molecule has 3 aromatic rings. The Balaban J connectivity index is 1.54. The van der Waals surface area contributed by atoms with Gasteiger partial charge < -0.3 is 9.80 Å². The lowest BCUT2D eigenvalue weighted by Gasteiger charge is -2.24. The van der Waals surface area contributed by atoms with E-state index in [1.807, 2.05) is 58.3 Å². The van der Waals surface area contributed by atoms with Crippen LogP contribution in [0.4, 0.5) is 0 Å². The summed E-state index contributed by atoms with van der Waals surface area (Å²) in [5.41, 5.74) is 4.33. The van der Waals surface area contributed by atoms with E-state index < -0.39 is 0 Å². The first kappa shape index (κ1) is 22.7. The third-order valence-corrected chi connectivity index (χ3v) is 6.21. The summed E-state index contributed by atoms with van der Waals surface area (Å²) in [5, 5.41) is 0. The molecule has 0 saturated carbocycles. The highest BCUT2D eigenvalue weighted by molar-refractivity contribution is 5.83. The Kier molecular flexibility index (Phi) is 7.51. The van der Waals surface area contributed by atoms with Crippen LogP contribution in [0.3, 0.4) is 0 Å². The summed E-state index contributed by atoms with van der Waals surface area (Å²) in [6.45, 7) is 4.46. The lowest BCUT2D eigenvalue weighted by Crippen LogP contribution is -2.38. The molecule has 1 saturated heterocycles. The van der Waals surface area contributed by atoms with Gasteiger partial charge in [0, 0.05) is 38.6 Å². The predicted molar refractivity (Wildman–Crippen MR) is 130 cm³/mol. The first-order valence-corrected chi connectivity index (χ1v) is 11.7. The minimum Gasteiger partial charge on any atom is -0.341 e. The van der Waals surface area contributed by atoms with Gasteiger partial charge in [-0.15, -0.1) is 0 Å². The number of nitrogens with zero attached hydrogens (tertiary/aromatic N) is 3. The van der Waals surface area contributed by atoms with E-state index in [9.17, 15) is 9.59 Å². The van der Waals surface area contributed by atoms with Crippen molar-refractivity contribution >= 4 is 11.8 Å². The molecular weight excluding hydrogens is 410 g/mol. The first-order valence-electron chi connectivity index (χ1n) is 11.7. The maximum Gasteiger partial charge on any atom is 0.227 e. The molecule has 5 nitrogen and oxygen atoms in total. The molecule has 170 valence electrons. The van der Waals surface area contributed by atoms with Crippen LogP contribution < -0.4 is 0 Å². The quantitative estimate of drug-likeness (QED) is 0.551. The molecule has 1 atom stereocenters. The van der Waals surface area contributed by atoms with Crippen molar-refractivity contribution in [2.24, 2.45) is 5.92 Å². The van der Waals surface area contributed by atoms with Crippen molar-refractivity contribution in [1.82, 2.24) is 14.8 Å². The van der Waals surface area contributed by atoms with Crippen molar-refractivity contribution in [3.8, 4) is 11.1 Å². The molecule has 5 heteroatoms. The van der Waals surface area contributed by atoms with Gasteiger partial charge in [-0.05, 0) is 47.2 Å². The zero-order valence-corrected chi connectivity index (χ0v) is 19.2. The topological polar surface area (TPSA) is 53.5 Å². The number of carbonyl (C=O) groups excluding carboxylic acids is 2. The minimum atomic E-state index is -0.244. The van der Waals surface area contributed by atoms with E-state index in [0.717, 1.165) is 35.2 Å². The highest BCUT2D eigenvalue weighted by atomic mass is 16.2. The Hall–Kier alpha value is -3.47. The Morgan fingerprint density at radius 2 is 1.70 bits per heavy atom. The van der Waals surface area contributed by atoms with Crippen LogP contribution in [0.5, 0.6) is 0 Å². The van der Waals surface area contributed by atoms with Gasteiger partial charge in [0.15, 0.2) is 0 Å². The third-order valence-electron chi connectivity index (χ3n) is 6.21. The minimum absolute atomic E-state index is 0.0860. The van der Waals surface area contributed by atoms with Crippen LogP contribution in [0.15, 0.2) is 79.1 Å². The zero-order chi connectivity index (χ0) is 23.0. The standard InChI is InChI=1S/C28H31N3O2/c1-2-15-30-16-17-31(27(32)20-22-7-4-3-5-8-22)21-26(28(30)33)19-23-9-6-10-25(18-23)24-11-13-29-14-12-24/h3-14,18,26H,2,15-17,19-21H2,1H3. The molecule has 1 aliphatic heterocycles. The molecule has 33 heavy (non-hydrogen) atoms. The number of benzene rings is 2. The van der Waals surface area contributed by atoms with Crippen LogP contribution in [-0.4, -0.2) is 52.8 Å². The molecule has 0 aliphatic carbocycles. The highest BCUT2D eigenvalue weighted by Crippen LogP contribution is 2.23. The first-order chi connectivity index (χ1) is 16.1. The normalized spacial score (nSPS) is 16.5. The van der Waals surface area contributed by atoms with Gasteiger partial charge in [-0.25, -0.2) is 0 Å². The van der Waals surface area contributed by atoms with Crippen molar-refractivity contribution in [3.05, 3.63) is 90.3 Å². The maximum absolute atomic E-state index is 13.4. The molecule has 1 aromatic heterocycles. The van der Waals surface area contributed by atoms with E-state index in [1.165, 1.54) is 0 Å². The summed E-state index contributed by atoms with van der Waals surface area (Å²) in [6.07, 6.45) is 5.47.